The van der Waals surface area contributed by atoms with Gasteiger partial charge in [0.25, 0.3) is 10.0 Å². The van der Waals surface area contributed by atoms with Crippen molar-refractivity contribution in [3.05, 3.63) is 52.8 Å². The molecule has 0 bridgehead atoms. The molecule has 6 nitrogen and oxygen atoms in total. The summed E-state index contributed by atoms with van der Waals surface area (Å²) in [4.78, 5) is 15.0. The summed E-state index contributed by atoms with van der Waals surface area (Å²) < 4.78 is 26.9. The van der Waals surface area contributed by atoms with E-state index in [0.717, 1.165) is 0 Å². The van der Waals surface area contributed by atoms with Gasteiger partial charge in [-0.15, -0.1) is 0 Å². The number of nitrogens with one attached hydrogen (secondary N) is 1. The number of nitrogens with two attached hydrogens (primary N) is 1. The van der Waals surface area contributed by atoms with Crippen molar-refractivity contribution in [3.63, 3.8) is 0 Å². The van der Waals surface area contributed by atoms with Crippen LogP contribution in [0.1, 0.15) is 15.9 Å². The van der Waals surface area contributed by atoms with E-state index in [4.69, 9.17) is 17.3 Å². The van der Waals surface area contributed by atoms with Crippen LogP contribution >= 0.6 is 11.6 Å². The second kappa shape index (κ2) is 5.71. The molecule has 0 fully saturated rings. The largest absolute Gasteiger partial charge is 0.366 e. The smallest absolute Gasteiger partial charge is 0.262 e. The van der Waals surface area contributed by atoms with E-state index < -0.39 is 15.9 Å². The summed E-state index contributed by atoms with van der Waals surface area (Å²) in [5.41, 5.74) is 6.12. The number of anilines is 1. The Morgan fingerprint density at radius 2 is 2.05 bits per heavy atom. The molecule has 0 saturated carbocycles. The predicted octanol–water partition coefficient (Wildman–Crippen LogP) is 1.94. The monoisotopic (exact) mass is 325 g/mol. The van der Waals surface area contributed by atoms with Gasteiger partial charge in [-0.2, -0.15) is 0 Å². The second-order valence-electron chi connectivity index (χ2n) is 4.30. The summed E-state index contributed by atoms with van der Waals surface area (Å²) >= 11 is 5.88. The van der Waals surface area contributed by atoms with Gasteiger partial charge in [-0.3, -0.25) is 14.5 Å². The molecule has 21 heavy (non-hydrogen) atoms. The number of pyridine rings is 1. The number of aromatic nitrogens is 1. The van der Waals surface area contributed by atoms with E-state index in [1.807, 2.05) is 0 Å². The molecule has 0 atom stereocenters. The van der Waals surface area contributed by atoms with Gasteiger partial charge < -0.3 is 5.73 Å². The van der Waals surface area contributed by atoms with Gasteiger partial charge in [0.2, 0.25) is 5.91 Å². The van der Waals surface area contributed by atoms with Crippen LogP contribution in [0.2, 0.25) is 5.02 Å². The number of aryl methyl sites for hydroxylation is 1. The molecule has 1 aromatic heterocycles. The third-order valence-electron chi connectivity index (χ3n) is 2.80. The first kappa shape index (κ1) is 15.3. The van der Waals surface area contributed by atoms with Crippen molar-refractivity contribution in [3.8, 4) is 0 Å². The molecule has 0 unspecified atom stereocenters. The standard InChI is InChI=1S/C13H12ClN3O3S/c1-8-2-3-9(6-10(8)13(15)18)21(19,20)17-12-7-16-5-4-11(12)14/h2-7,17H,1H3,(H2,15,18). The Kier molecular flexibility index (Phi) is 4.15. The molecule has 1 aromatic carbocycles. The minimum Gasteiger partial charge on any atom is -0.366 e. The van der Waals surface area contributed by atoms with Crippen LogP contribution in [0.25, 0.3) is 0 Å². The van der Waals surface area contributed by atoms with Crippen molar-refractivity contribution >= 4 is 33.2 Å². The van der Waals surface area contributed by atoms with Crippen molar-refractivity contribution in [1.29, 1.82) is 0 Å². The summed E-state index contributed by atoms with van der Waals surface area (Å²) in [6.07, 6.45) is 2.74. The molecule has 0 aliphatic rings. The van der Waals surface area contributed by atoms with Crippen LogP contribution < -0.4 is 10.5 Å². The van der Waals surface area contributed by atoms with Crippen LogP contribution in [0.5, 0.6) is 0 Å². The van der Waals surface area contributed by atoms with E-state index in [-0.39, 0.29) is 21.2 Å². The van der Waals surface area contributed by atoms with Crippen LogP contribution in [0.3, 0.4) is 0 Å². The van der Waals surface area contributed by atoms with Crippen molar-refractivity contribution < 1.29 is 13.2 Å². The molecule has 0 aliphatic heterocycles. The number of hydrogen-bond acceptors (Lipinski definition) is 4. The highest BCUT2D eigenvalue weighted by Crippen LogP contribution is 2.24. The highest BCUT2D eigenvalue weighted by molar-refractivity contribution is 7.92. The van der Waals surface area contributed by atoms with Crippen LogP contribution in [-0.2, 0) is 10.0 Å². The lowest BCUT2D eigenvalue weighted by Crippen LogP contribution is -2.17. The Labute approximate surface area is 127 Å². The summed E-state index contributed by atoms with van der Waals surface area (Å²) in [5.74, 6) is -0.691. The molecule has 2 aromatic rings. The van der Waals surface area contributed by atoms with E-state index >= 15 is 0 Å². The lowest BCUT2D eigenvalue weighted by Gasteiger charge is -2.10. The molecule has 1 heterocycles. The van der Waals surface area contributed by atoms with Crippen LogP contribution in [-0.4, -0.2) is 19.3 Å². The molecular weight excluding hydrogens is 314 g/mol. The molecule has 2 rings (SSSR count). The summed E-state index contributed by atoms with van der Waals surface area (Å²) in [5, 5.41) is 0.218. The van der Waals surface area contributed by atoms with Crippen LogP contribution in [0.4, 0.5) is 5.69 Å². The number of primary amides is 1. The molecule has 8 heteroatoms. The van der Waals surface area contributed by atoms with Crippen LogP contribution in [0.15, 0.2) is 41.6 Å². The Bertz CT molecular complexity index is 806. The zero-order valence-electron chi connectivity index (χ0n) is 11.0. The summed E-state index contributed by atoms with van der Waals surface area (Å²) in [7, 11) is -3.89. The molecule has 0 saturated heterocycles. The first-order valence-corrected chi connectivity index (χ1v) is 7.70. The van der Waals surface area contributed by atoms with Crippen LogP contribution in [0, 0.1) is 6.92 Å². The number of sulfonamides is 1. The highest BCUT2D eigenvalue weighted by Gasteiger charge is 2.18. The average molecular weight is 326 g/mol. The van der Waals surface area contributed by atoms with Crippen molar-refractivity contribution in [2.45, 2.75) is 11.8 Å². The Morgan fingerprint density at radius 1 is 1.33 bits per heavy atom. The van der Waals surface area contributed by atoms with E-state index in [1.165, 1.54) is 36.7 Å². The minimum atomic E-state index is -3.89. The molecular formula is C13H12ClN3O3S. The number of hydrogen-bond donors (Lipinski definition) is 2. The Hall–Kier alpha value is -2.12. The SMILES string of the molecule is Cc1ccc(S(=O)(=O)Nc2cnccc2Cl)cc1C(N)=O. The summed E-state index contributed by atoms with van der Waals surface area (Å²) in [6, 6.07) is 5.58. The first-order valence-electron chi connectivity index (χ1n) is 5.84. The van der Waals surface area contributed by atoms with E-state index in [0.29, 0.717) is 5.56 Å². The number of nitrogens with zero attached hydrogens (tertiary/aromatic N) is 1. The molecule has 0 radical (unpaired) electrons. The zero-order valence-corrected chi connectivity index (χ0v) is 12.6. The number of rotatable bonds is 4. The minimum absolute atomic E-state index is 0.0816. The third-order valence-corrected chi connectivity index (χ3v) is 4.49. The van der Waals surface area contributed by atoms with Gasteiger partial charge in [0.15, 0.2) is 0 Å². The molecule has 110 valence electrons. The lowest BCUT2D eigenvalue weighted by molar-refractivity contribution is 0.0999. The topological polar surface area (TPSA) is 102 Å². The molecule has 1 amide bonds. The fraction of sp³-hybridized carbons (Fsp3) is 0.0769. The van der Waals surface area contributed by atoms with Gasteiger partial charge >= 0.3 is 0 Å². The second-order valence-corrected chi connectivity index (χ2v) is 6.39. The average Bonchev–Trinajstić information content (AvgIpc) is 2.41. The fourth-order valence-electron chi connectivity index (χ4n) is 1.69. The maximum Gasteiger partial charge on any atom is 0.262 e. The fourth-order valence-corrected chi connectivity index (χ4v) is 2.99. The number of carbonyl (C=O) groups is 1. The zero-order chi connectivity index (χ0) is 15.6. The Morgan fingerprint density at radius 3 is 2.67 bits per heavy atom. The quantitative estimate of drug-likeness (QED) is 0.896. The van der Waals surface area contributed by atoms with Gasteiger partial charge in [-0.25, -0.2) is 8.42 Å². The van der Waals surface area contributed by atoms with Gasteiger partial charge in [0, 0.05) is 11.8 Å². The van der Waals surface area contributed by atoms with E-state index in [1.54, 1.807) is 6.92 Å². The van der Waals surface area contributed by atoms with Gasteiger partial charge in [0.05, 0.1) is 21.8 Å². The number of amides is 1. The Balaban J connectivity index is 2.43. The van der Waals surface area contributed by atoms with Gasteiger partial charge in [-0.1, -0.05) is 17.7 Å². The van der Waals surface area contributed by atoms with Crippen molar-refractivity contribution in [1.82, 2.24) is 4.98 Å². The van der Waals surface area contributed by atoms with Gasteiger partial charge in [0.1, 0.15) is 0 Å². The molecule has 0 aliphatic carbocycles. The molecule has 0 spiro atoms. The number of benzene rings is 1. The van der Waals surface area contributed by atoms with E-state index in [9.17, 15) is 13.2 Å². The van der Waals surface area contributed by atoms with Crippen molar-refractivity contribution in [2.24, 2.45) is 5.73 Å². The van der Waals surface area contributed by atoms with E-state index in [2.05, 4.69) is 9.71 Å². The number of halogens is 1. The lowest BCUT2D eigenvalue weighted by atomic mass is 10.1. The number of carbonyl (C=O) groups excluding carboxylic acids is 1. The maximum atomic E-state index is 12.3. The predicted molar refractivity (Wildman–Crippen MR) is 79.8 cm³/mol. The summed E-state index contributed by atoms with van der Waals surface area (Å²) in [6.45, 7) is 1.67. The maximum absolute atomic E-state index is 12.3. The van der Waals surface area contributed by atoms with Crippen molar-refractivity contribution in [2.75, 3.05) is 4.72 Å². The first-order chi connectivity index (χ1) is 9.81. The van der Waals surface area contributed by atoms with Gasteiger partial charge in [-0.05, 0) is 30.7 Å². The third kappa shape index (κ3) is 3.32. The molecule has 3 N–H and O–H groups in total. The normalized spacial score (nSPS) is 11.1. The highest BCUT2D eigenvalue weighted by atomic mass is 35.5.